The van der Waals surface area contributed by atoms with Crippen molar-refractivity contribution in [2.75, 3.05) is 0 Å². The summed E-state index contributed by atoms with van der Waals surface area (Å²) in [5.74, 6) is -0.120. The normalized spacial score (nSPS) is 16.0. The van der Waals surface area contributed by atoms with Crippen LogP contribution in [0.3, 0.4) is 0 Å². The predicted molar refractivity (Wildman–Crippen MR) is 116 cm³/mol. The number of aryl methyl sites for hydroxylation is 1. The summed E-state index contributed by atoms with van der Waals surface area (Å²) in [6.07, 6.45) is -3.12. The molecule has 2 heterocycles. The van der Waals surface area contributed by atoms with Gasteiger partial charge in [0.1, 0.15) is 12.4 Å². The highest BCUT2D eigenvalue weighted by atomic mass is 19.4. The second kappa shape index (κ2) is 8.52. The molecule has 0 fully saturated rings. The van der Waals surface area contributed by atoms with Crippen LogP contribution in [0.1, 0.15) is 55.0 Å². The van der Waals surface area contributed by atoms with Crippen molar-refractivity contribution in [3.8, 4) is 5.75 Å². The molecular weight excluding hydrogens is 419 g/mol. The van der Waals surface area contributed by atoms with E-state index in [0.717, 1.165) is 29.6 Å². The van der Waals surface area contributed by atoms with Crippen LogP contribution in [0.5, 0.6) is 5.75 Å². The number of nitrogens with zero attached hydrogens (tertiary/aromatic N) is 1. The molecule has 0 unspecified atom stereocenters. The quantitative estimate of drug-likeness (QED) is 0.458. The van der Waals surface area contributed by atoms with Crippen molar-refractivity contribution in [2.24, 2.45) is 5.92 Å². The standard InChI is InChI=1S/C25H26F3NO3/c1-15(2)9-17-4-3-16(10-21(17)25(26,27)28)14-32-20-5-6-22-19(11-20)12-23-18(13-24(30)31)7-8-29(22)23/h3-6,10-12,15,18H,7-9,13-14H2,1-2H3,(H,30,31)/t18-/m0/s1. The van der Waals surface area contributed by atoms with Crippen molar-refractivity contribution in [3.63, 3.8) is 0 Å². The number of carboxylic acids is 1. The molecule has 1 aliphatic heterocycles. The lowest BCUT2D eigenvalue weighted by atomic mass is 9.96. The Kier molecular flexibility index (Phi) is 5.93. The van der Waals surface area contributed by atoms with Crippen LogP contribution in [0.2, 0.25) is 0 Å². The van der Waals surface area contributed by atoms with Crippen molar-refractivity contribution in [2.45, 2.75) is 58.4 Å². The summed E-state index contributed by atoms with van der Waals surface area (Å²) in [7, 11) is 0. The summed E-state index contributed by atoms with van der Waals surface area (Å²) in [6.45, 7) is 4.61. The second-order valence-electron chi connectivity index (χ2n) is 8.90. The van der Waals surface area contributed by atoms with Gasteiger partial charge in [0, 0.05) is 29.1 Å². The number of rotatable bonds is 7. The van der Waals surface area contributed by atoms with Gasteiger partial charge in [0.25, 0.3) is 0 Å². The molecule has 0 spiro atoms. The van der Waals surface area contributed by atoms with E-state index < -0.39 is 17.7 Å². The van der Waals surface area contributed by atoms with Gasteiger partial charge in [-0.3, -0.25) is 4.79 Å². The molecule has 4 nitrogen and oxygen atoms in total. The molecule has 1 aromatic heterocycles. The number of aromatic nitrogens is 1. The SMILES string of the molecule is CC(C)Cc1ccc(COc2ccc3c(c2)cc2n3CC[C@H]2CC(=O)O)cc1C(F)(F)F. The first kappa shape index (κ1) is 22.2. The molecule has 0 saturated carbocycles. The Morgan fingerprint density at radius 3 is 2.66 bits per heavy atom. The summed E-state index contributed by atoms with van der Waals surface area (Å²) in [5.41, 5.74) is 2.19. The lowest BCUT2D eigenvalue weighted by Crippen LogP contribution is -2.12. The van der Waals surface area contributed by atoms with Crippen molar-refractivity contribution in [1.29, 1.82) is 0 Å². The van der Waals surface area contributed by atoms with Crippen LogP contribution in [-0.2, 0) is 30.5 Å². The molecule has 32 heavy (non-hydrogen) atoms. The number of ether oxygens (including phenoxy) is 1. The average molecular weight is 445 g/mol. The first-order chi connectivity index (χ1) is 15.1. The zero-order chi connectivity index (χ0) is 23.0. The third-order valence-electron chi connectivity index (χ3n) is 5.96. The van der Waals surface area contributed by atoms with E-state index in [1.807, 2.05) is 32.0 Å². The summed E-state index contributed by atoms with van der Waals surface area (Å²) >= 11 is 0. The Balaban J connectivity index is 1.53. The van der Waals surface area contributed by atoms with Gasteiger partial charge in [0.05, 0.1) is 12.0 Å². The molecule has 2 aromatic carbocycles. The van der Waals surface area contributed by atoms with Crippen LogP contribution in [0.15, 0.2) is 42.5 Å². The van der Waals surface area contributed by atoms with Crippen molar-refractivity contribution < 1.29 is 27.8 Å². The molecule has 0 bridgehead atoms. The van der Waals surface area contributed by atoms with Crippen LogP contribution in [0.4, 0.5) is 13.2 Å². The Morgan fingerprint density at radius 2 is 1.97 bits per heavy atom. The minimum Gasteiger partial charge on any atom is -0.489 e. The average Bonchev–Trinajstić information content (AvgIpc) is 3.25. The minimum atomic E-state index is -4.40. The summed E-state index contributed by atoms with van der Waals surface area (Å²) in [6, 6.07) is 12.0. The lowest BCUT2D eigenvalue weighted by Gasteiger charge is -2.16. The van der Waals surface area contributed by atoms with E-state index in [1.165, 1.54) is 6.07 Å². The summed E-state index contributed by atoms with van der Waals surface area (Å²) < 4.78 is 48.5. The Labute approximate surface area is 184 Å². The van der Waals surface area contributed by atoms with Crippen LogP contribution >= 0.6 is 0 Å². The van der Waals surface area contributed by atoms with Crippen molar-refractivity contribution in [1.82, 2.24) is 4.57 Å². The number of carboxylic acid groups (broad SMARTS) is 1. The number of halogens is 3. The fraction of sp³-hybridized carbons (Fsp3) is 0.400. The Hall–Kier alpha value is -2.96. The molecule has 0 saturated heterocycles. The first-order valence-corrected chi connectivity index (χ1v) is 10.8. The maximum absolute atomic E-state index is 13.5. The molecule has 3 aromatic rings. The predicted octanol–water partition coefficient (Wildman–Crippen LogP) is 6.40. The number of fused-ring (bicyclic) bond motifs is 3. The molecule has 7 heteroatoms. The molecule has 170 valence electrons. The van der Waals surface area contributed by atoms with E-state index >= 15 is 0 Å². The summed E-state index contributed by atoms with van der Waals surface area (Å²) in [5, 5.41) is 10.1. The number of alkyl halides is 3. The van der Waals surface area contributed by atoms with Gasteiger partial charge in [0.2, 0.25) is 0 Å². The molecule has 4 rings (SSSR count). The van der Waals surface area contributed by atoms with Gasteiger partial charge in [-0.05, 0) is 60.2 Å². The Morgan fingerprint density at radius 1 is 1.19 bits per heavy atom. The minimum absolute atomic E-state index is 0.00517. The monoisotopic (exact) mass is 445 g/mol. The van der Waals surface area contributed by atoms with Gasteiger partial charge in [-0.2, -0.15) is 13.2 Å². The smallest absolute Gasteiger partial charge is 0.416 e. The second-order valence-corrected chi connectivity index (χ2v) is 8.90. The Bertz CT molecular complexity index is 1150. The van der Waals surface area contributed by atoms with Crippen molar-refractivity contribution >= 4 is 16.9 Å². The molecule has 1 N–H and O–H groups in total. The highest BCUT2D eigenvalue weighted by Gasteiger charge is 2.33. The third kappa shape index (κ3) is 4.61. The molecule has 0 amide bonds. The number of carbonyl (C=O) groups is 1. The fourth-order valence-electron chi connectivity index (χ4n) is 4.56. The molecule has 0 aliphatic carbocycles. The highest BCUT2D eigenvalue weighted by molar-refractivity contribution is 5.83. The largest absolute Gasteiger partial charge is 0.489 e. The molecule has 1 aliphatic rings. The van der Waals surface area contributed by atoms with Gasteiger partial charge < -0.3 is 14.4 Å². The number of aliphatic carboxylic acids is 1. The number of hydrogen-bond donors (Lipinski definition) is 1. The molecular formula is C25H26F3NO3. The lowest BCUT2D eigenvalue weighted by molar-refractivity contribution is -0.138. The number of benzene rings is 2. The molecule has 0 radical (unpaired) electrons. The van der Waals surface area contributed by atoms with Gasteiger partial charge in [-0.25, -0.2) is 0 Å². The van der Waals surface area contributed by atoms with E-state index in [9.17, 15) is 18.0 Å². The van der Waals surface area contributed by atoms with Gasteiger partial charge in [0.15, 0.2) is 0 Å². The first-order valence-electron chi connectivity index (χ1n) is 10.8. The van der Waals surface area contributed by atoms with Gasteiger partial charge in [-0.1, -0.05) is 26.0 Å². The zero-order valence-electron chi connectivity index (χ0n) is 18.1. The fourth-order valence-corrected chi connectivity index (χ4v) is 4.56. The number of hydrogen-bond acceptors (Lipinski definition) is 2. The van der Waals surface area contributed by atoms with Gasteiger partial charge in [-0.15, -0.1) is 0 Å². The van der Waals surface area contributed by atoms with Crippen LogP contribution in [0.25, 0.3) is 10.9 Å². The van der Waals surface area contributed by atoms with Crippen LogP contribution < -0.4 is 4.74 Å². The van der Waals surface area contributed by atoms with E-state index in [2.05, 4.69) is 4.57 Å². The van der Waals surface area contributed by atoms with Gasteiger partial charge >= 0.3 is 12.1 Å². The zero-order valence-corrected chi connectivity index (χ0v) is 18.1. The van der Waals surface area contributed by atoms with E-state index in [-0.39, 0.29) is 24.9 Å². The van der Waals surface area contributed by atoms with E-state index in [1.54, 1.807) is 18.2 Å². The van der Waals surface area contributed by atoms with Crippen molar-refractivity contribution in [3.05, 3.63) is 64.8 Å². The maximum atomic E-state index is 13.5. The highest BCUT2D eigenvalue weighted by Crippen LogP contribution is 2.38. The summed E-state index contributed by atoms with van der Waals surface area (Å²) in [4.78, 5) is 11.1. The van der Waals surface area contributed by atoms with E-state index in [4.69, 9.17) is 9.84 Å². The van der Waals surface area contributed by atoms with Crippen LogP contribution in [0, 0.1) is 5.92 Å². The molecule has 1 atom stereocenters. The maximum Gasteiger partial charge on any atom is 0.416 e. The topological polar surface area (TPSA) is 51.5 Å². The third-order valence-corrected chi connectivity index (χ3v) is 5.96. The van der Waals surface area contributed by atoms with Crippen LogP contribution in [-0.4, -0.2) is 15.6 Å². The van der Waals surface area contributed by atoms with E-state index in [0.29, 0.717) is 23.3 Å².